The SMILES string of the molecule is CN(C)O[SH](=O)=Nc1ccc(OCC(=O)N(C)C(CN2CC[C@H](O)C2)c2ccccc2)c2cccnc12. The first-order valence-electron chi connectivity index (χ1n) is 12.1. The summed E-state index contributed by atoms with van der Waals surface area (Å²) >= 11 is 0. The molecule has 1 saturated heterocycles. The Balaban J connectivity index is 1.51. The topological polar surface area (TPSA) is 108 Å². The van der Waals surface area contributed by atoms with Crippen LogP contribution in [0.15, 0.2) is 65.2 Å². The molecule has 1 amide bonds. The Hall–Kier alpha value is -3.09. The lowest BCUT2D eigenvalue weighted by Crippen LogP contribution is -2.40. The summed E-state index contributed by atoms with van der Waals surface area (Å²) in [4.78, 5) is 21.5. The molecule has 0 bridgehead atoms. The predicted molar refractivity (Wildman–Crippen MR) is 143 cm³/mol. The van der Waals surface area contributed by atoms with Gasteiger partial charge in [-0.1, -0.05) is 30.3 Å². The number of aromatic nitrogens is 1. The van der Waals surface area contributed by atoms with Gasteiger partial charge in [0.2, 0.25) is 0 Å². The molecule has 10 nitrogen and oxygen atoms in total. The first-order valence-corrected chi connectivity index (χ1v) is 13.2. The summed E-state index contributed by atoms with van der Waals surface area (Å²) in [5.41, 5.74) is 1.93. The molecule has 37 heavy (non-hydrogen) atoms. The van der Waals surface area contributed by atoms with Crippen LogP contribution >= 0.6 is 0 Å². The molecule has 198 valence electrons. The van der Waals surface area contributed by atoms with E-state index < -0.39 is 10.9 Å². The van der Waals surface area contributed by atoms with E-state index in [0.29, 0.717) is 35.4 Å². The van der Waals surface area contributed by atoms with Gasteiger partial charge in [0.05, 0.1) is 12.1 Å². The minimum Gasteiger partial charge on any atom is -0.483 e. The van der Waals surface area contributed by atoms with E-state index in [0.717, 1.165) is 18.5 Å². The van der Waals surface area contributed by atoms with E-state index in [-0.39, 0.29) is 24.7 Å². The number of hydroxylamine groups is 2. The normalized spacial score (nSPS) is 17.8. The van der Waals surface area contributed by atoms with Gasteiger partial charge in [-0.2, -0.15) is 13.7 Å². The minimum absolute atomic E-state index is 0.166. The van der Waals surface area contributed by atoms with Crippen LogP contribution in [0.25, 0.3) is 10.9 Å². The summed E-state index contributed by atoms with van der Waals surface area (Å²) in [6, 6.07) is 16.6. The van der Waals surface area contributed by atoms with Gasteiger partial charge in [0.25, 0.3) is 5.91 Å². The van der Waals surface area contributed by atoms with Gasteiger partial charge in [0.1, 0.15) is 17.0 Å². The maximum absolute atomic E-state index is 13.3. The first-order chi connectivity index (χ1) is 17.8. The number of carbonyl (C=O) groups is 1. The highest BCUT2D eigenvalue weighted by molar-refractivity contribution is 7.69. The van der Waals surface area contributed by atoms with Gasteiger partial charge in [-0.25, -0.2) is 4.21 Å². The van der Waals surface area contributed by atoms with E-state index in [2.05, 4.69) is 14.2 Å². The largest absolute Gasteiger partial charge is 0.483 e. The van der Waals surface area contributed by atoms with Gasteiger partial charge in [-0.15, -0.1) is 0 Å². The highest BCUT2D eigenvalue weighted by Gasteiger charge is 2.28. The summed E-state index contributed by atoms with van der Waals surface area (Å²) in [6.45, 7) is 1.86. The lowest BCUT2D eigenvalue weighted by molar-refractivity contribution is -0.134. The summed E-state index contributed by atoms with van der Waals surface area (Å²) < 4.78 is 27.3. The van der Waals surface area contributed by atoms with E-state index in [4.69, 9.17) is 9.02 Å². The molecule has 2 unspecified atom stereocenters. The first kappa shape index (κ1) is 27.0. The van der Waals surface area contributed by atoms with Crippen molar-refractivity contribution in [2.75, 3.05) is 47.4 Å². The number of ether oxygens (including phenoxy) is 1. The van der Waals surface area contributed by atoms with Crippen LogP contribution in [-0.4, -0.2) is 88.6 Å². The number of hydrogen-bond donors (Lipinski definition) is 2. The molecule has 1 N–H and O–H groups in total. The fourth-order valence-electron chi connectivity index (χ4n) is 4.35. The van der Waals surface area contributed by atoms with Crippen molar-refractivity contribution < 1.29 is 23.1 Å². The average Bonchev–Trinajstić information content (AvgIpc) is 3.30. The van der Waals surface area contributed by atoms with Gasteiger partial charge in [0, 0.05) is 52.4 Å². The van der Waals surface area contributed by atoms with Crippen molar-refractivity contribution in [3.05, 3.63) is 66.4 Å². The molecule has 1 fully saturated rings. The number of likely N-dealkylation sites (N-methyl/N-ethyl adjacent to an activating group) is 1. The number of nitrogens with zero attached hydrogens (tertiary/aromatic N) is 5. The molecule has 3 atom stereocenters. The molecule has 2 heterocycles. The van der Waals surface area contributed by atoms with Crippen LogP contribution in [0.5, 0.6) is 5.75 Å². The number of β-amino-alcohol motifs (C(OH)–C–C–N with tert-alkyl or cyclic N) is 1. The van der Waals surface area contributed by atoms with E-state index >= 15 is 0 Å². The molecule has 4 rings (SSSR count). The molecular weight excluding hydrogens is 494 g/mol. The highest BCUT2D eigenvalue weighted by Crippen LogP contribution is 2.32. The number of carbonyl (C=O) groups excluding carboxylic acids is 1. The molecule has 0 spiro atoms. The predicted octanol–water partition coefficient (Wildman–Crippen LogP) is 2.58. The maximum Gasteiger partial charge on any atom is 0.260 e. The third-order valence-corrected chi connectivity index (χ3v) is 7.05. The monoisotopic (exact) mass is 527 g/mol. The van der Waals surface area contributed by atoms with Gasteiger partial charge >= 0.3 is 0 Å². The van der Waals surface area contributed by atoms with Crippen LogP contribution in [0, 0.1) is 0 Å². The smallest absolute Gasteiger partial charge is 0.260 e. The Morgan fingerprint density at radius 1 is 1.19 bits per heavy atom. The summed E-state index contributed by atoms with van der Waals surface area (Å²) in [5.74, 6) is 0.299. The number of fused-ring (bicyclic) bond motifs is 1. The Labute approximate surface area is 218 Å². The fraction of sp³-hybridized carbons (Fsp3) is 0.385. The Morgan fingerprint density at radius 3 is 2.68 bits per heavy atom. The van der Waals surface area contributed by atoms with Crippen molar-refractivity contribution in [2.24, 2.45) is 4.36 Å². The lowest BCUT2D eigenvalue weighted by Gasteiger charge is -2.32. The number of pyridine rings is 1. The molecule has 11 heteroatoms. The van der Waals surface area contributed by atoms with Gasteiger partial charge in [0.15, 0.2) is 17.5 Å². The van der Waals surface area contributed by atoms with Crippen molar-refractivity contribution in [1.82, 2.24) is 19.8 Å². The van der Waals surface area contributed by atoms with Gasteiger partial charge < -0.3 is 14.7 Å². The van der Waals surface area contributed by atoms with Crippen LogP contribution in [0.3, 0.4) is 0 Å². The molecule has 1 aliphatic rings. The van der Waals surface area contributed by atoms with Crippen molar-refractivity contribution in [2.45, 2.75) is 18.6 Å². The third-order valence-electron chi connectivity index (χ3n) is 6.21. The van der Waals surface area contributed by atoms with Crippen molar-refractivity contribution in [1.29, 1.82) is 0 Å². The number of amides is 1. The molecule has 0 saturated carbocycles. The van der Waals surface area contributed by atoms with E-state index in [9.17, 15) is 14.1 Å². The highest BCUT2D eigenvalue weighted by atomic mass is 32.2. The zero-order chi connectivity index (χ0) is 26.4. The zero-order valence-electron chi connectivity index (χ0n) is 21.2. The van der Waals surface area contributed by atoms with Crippen molar-refractivity contribution >= 4 is 33.4 Å². The molecule has 0 radical (unpaired) electrons. The summed E-state index contributed by atoms with van der Waals surface area (Å²) in [7, 11) is 2.72. The average molecular weight is 528 g/mol. The van der Waals surface area contributed by atoms with E-state index in [1.54, 1.807) is 50.4 Å². The number of hydrogen-bond acceptors (Lipinski definition) is 9. The number of rotatable bonds is 10. The second-order valence-electron chi connectivity index (χ2n) is 9.14. The number of likely N-dealkylation sites (tertiary alicyclic amines) is 1. The van der Waals surface area contributed by atoms with Gasteiger partial charge in [-0.3, -0.25) is 14.7 Å². The Morgan fingerprint density at radius 2 is 1.97 bits per heavy atom. The van der Waals surface area contributed by atoms with E-state index in [1.807, 2.05) is 36.4 Å². The van der Waals surface area contributed by atoms with Crippen LogP contribution < -0.4 is 4.74 Å². The molecule has 1 aliphatic heterocycles. The number of benzene rings is 2. The minimum atomic E-state index is -2.30. The van der Waals surface area contributed by atoms with Gasteiger partial charge in [-0.05, 0) is 36.2 Å². The summed E-state index contributed by atoms with van der Waals surface area (Å²) in [6.07, 6.45) is 2.02. The standard InChI is InChI=1S/C26H33N5O5S/c1-29(2)36-37(34)28-22-11-12-24(21-10-7-14-27-26(21)22)35-18-25(33)30(3)23(19-8-5-4-6-9-19)17-31-15-13-20(32)16-31/h4-12,14,20,23,32,37H,13,15-18H2,1-3H3/t20-,23?/m0/s1. The Kier molecular flexibility index (Phi) is 9.06. The van der Waals surface area contributed by atoms with Crippen LogP contribution in [-0.2, 0) is 20.0 Å². The molecule has 2 aromatic carbocycles. The number of thiol groups is 1. The maximum atomic E-state index is 13.3. The lowest BCUT2D eigenvalue weighted by atomic mass is 10.0. The third kappa shape index (κ3) is 7.02. The quantitative estimate of drug-likeness (QED) is 0.306. The van der Waals surface area contributed by atoms with Crippen LogP contribution in [0.2, 0.25) is 0 Å². The van der Waals surface area contributed by atoms with Crippen LogP contribution in [0.4, 0.5) is 5.69 Å². The molecule has 3 aromatic rings. The number of aliphatic hydroxyl groups excluding tert-OH is 1. The molecular formula is C26H33N5O5S. The fourth-order valence-corrected chi connectivity index (χ4v) is 5.00. The second-order valence-corrected chi connectivity index (χ2v) is 9.98. The zero-order valence-corrected chi connectivity index (χ0v) is 22.1. The van der Waals surface area contributed by atoms with Crippen LogP contribution in [0.1, 0.15) is 18.0 Å². The van der Waals surface area contributed by atoms with E-state index in [1.165, 1.54) is 5.06 Å². The summed E-state index contributed by atoms with van der Waals surface area (Å²) in [5, 5.41) is 11.9. The number of aliphatic hydroxyl groups is 1. The molecule has 1 aromatic heterocycles. The van der Waals surface area contributed by atoms with Crippen molar-refractivity contribution in [3.8, 4) is 5.75 Å². The van der Waals surface area contributed by atoms with Crippen molar-refractivity contribution in [3.63, 3.8) is 0 Å². The second kappa shape index (κ2) is 12.4. The molecule has 0 aliphatic carbocycles. The Bertz CT molecular complexity index is 1300.